The quantitative estimate of drug-likeness (QED) is 0.135. The second-order valence-corrected chi connectivity index (χ2v) is 13.7. The maximum Gasteiger partial charge on any atom is 0.223 e. The number of amides is 1. The molecule has 1 amide bonds. The highest BCUT2D eigenvalue weighted by molar-refractivity contribution is 5.99. The molecule has 1 N–H and O–H groups in total. The van der Waals surface area contributed by atoms with Crippen LogP contribution in [-0.2, 0) is 16.6 Å². The topological polar surface area (TPSA) is 96.4 Å². The van der Waals surface area contributed by atoms with Crippen LogP contribution >= 0.6 is 0 Å². The van der Waals surface area contributed by atoms with Crippen molar-refractivity contribution in [2.24, 2.45) is 5.92 Å². The predicted octanol–water partition coefficient (Wildman–Crippen LogP) is 6.15. The number of carbonyl (C=O) groups excluding carboxylic acids is 3. The van der Waals surface area contributed by atoms with Crippen LogP contribution in [0.1, 0.15) is 76.8 Å². The van der Waals surface area contributed by atoms with Gasteiger partial charge < -0.3 is 19.5 Å². The third-order valence-corrected chi connectivity index (χ3v) is 11.3. The van der Waals surface area contributed by atoms with Crippen LogP contribution in [0.3, 0.4) is 0 Å². The summed E-state index contributed by atoms with van der Waals surface area (Å²) in [7, 11) is 1.59. The third kappa shape index (κ3) is 5.40. The molecular weight excluding hydrogens is 604 g/mol. The van der Waals surface area contributed by atoms with E-state index in [1.807, 2.05) is 54.6 Å². The molecule has 2 fully saturated rings. The zero-order valence-corrected chi connectivity index (χ0v) is 27.6. The number of hydrogen-bond donors (Lipinski definition) is 1. The van der Waals surface area contributed by atoms with E-state index in [4.69, 9.17) is 9.47 Å². The lowest BCUT2D eigenvalue weighted by atomic mass is 9.50. The Bertz CT molecular complexity index is 1710. The molecule has 5 atom stereocenters. The monoisotopic (exact) mass is 648 g/mol. The molecule has 250 valence electrons. The van der Waals surface area contributed by atoms with E-state index in [2.05, 4.69) is 11.5 Å². The van der Waals surface area contributed by atoms with Crippen LogP contribution in [0.4, 0.5) is 0 Å². The van der Waals surface area contributed by atoms with Crippen molar-refractivity contribution in [1.82, 2.24) is 9.80 Å². The second-order valence-electron chi connectivity index (χ2n) is 13.7. The number of ketones is 2. The Morgan fingerprint density at radius 3 is 2.40 bits per heavy atom. The summed E-state index contributed by atoms with van der Waals surface area (Å²) in [6, 6.07) is 19.9. The molecule has 0 unspecified atom stereocenters. The number of rotatable bonds is 13. The van der Waals surface area contributed by atoms with Crippen LogP contribution < -0.4 is 9.47 Å². The zero-order valence-electron chi connectivity index (χ0n) is 27.6. The van der Waals surface area contributed by atoms with Crippen molar-refractivity contribution in [2.45, 2.75) is 75.0 Å². The SMILES string of the molecule is C=CCN1CC[C@]23c4c5c(O)cc(OC)c4O[C@H]2[C@H](N(CC(=O)c2ccccc2)C(=O)CCCCC(=O)c2ccccc2)CC[C@H]3[C@H]1C5. The number of phenols is 1. The van der Waals surface area contributed by atoms with Crippen LogP contribution in [0.15, 0.2) is 79.4 Å². The average Bonchev–Trinajstić information content (AvgIpc) is 3.46. The molecule has 3 aromatic carbocycles. The summed E-state index contributed by atoms with van der Waals surface area (Å²) in [5, 5.41) is 11.3. The van der Waals surface area contributed by atoms with Gasteiger partial charge in [-0.3, -0.25) is 19.3 Å². The van der Waals surface area contributed by atoms with E-state index in [-0.39, 0.29) is 60.3 Å². The number of phenolic OH excluding ortho intramolecular Hbond substituents is 1. The molecule has 1 spiro atoms. The minimum absolute atomic E-state index is 0.0470. The Labute approximate surface area is 282 Å². The van der Waals surface area contributed by atoms with Crippen molar-refractivity contribution in [1.29, 1.82) is 0 Å². The molecule has 8 heteroatoms. The largest absolute Gasteiger partial charge is 0.508 e. The van der Waals surface area contributed by atoms with Gasteiger partial charge in [-0.1, -0.05) is 66.7 Å². The highest BCUT2D eigenvalue weighted by Crippen LogP contribution is 2.65. The first-order valence-electron chi connectivity index (χ1n) is 17.3. The Morgan fingerprint density at radius 1 is 1.02 bits per heavy atom. The number of ether oxygens (including phenoxy) is 2. The fourth-order valence-electron chi connectivity index (χ4n) is 9.25. The lowest BCUT2D eigenvalue weighted by Crippen LogP contribution is -2.69. The van der Waals surface area contributed by atoms with Gasteiger partial charge in [0.05, 0.1) is 19.7 Å². The summed E-state index contributed by atoms with van der Waals surface area (Å²) in [5.74, 6) is 1.51. The number of piperidine rings is 1. The number of methoxy groups -OCH3 is 1. The van der Waals surface area contributed by atoms with Gasteiger partial charge in [0, 0.05) is 59.2 Å². The normalized spacial score (nSPS) is 25.0. The number of nitrogens with zero attached hydrogens (tertiary/aromatic N) is 2. The predicted molar refractivity (Wildman–Crippen MR) is 183 cm³/mol. The molecule has 7 rings (SSSR count). The number of aromatic hydroxyl groups is 1. The summed E-state index contributed by atoms with van der Waals surface area (Å²) in [6.45, 7) is 5.58. The standard InChI is InChI=1S/C40H44N2O6/c1-3-21-41-22-20-40-29-18-19-30(39(40)48-38-35(47-2)24-33(44)28(37(38)40)23-31(29)41)42(25-34(45)27-14-8-5-9-15-27)36(46)17-11-10-16-32(43)26-12-6-4-7-13-26/h3-9,12-15,24,29-31,39,44H,1,10-11,16-23,25H2,2H3/t29-,30+,31+,39-,40-/m0/s1. The van der Waals surface area contributed by atoms with Gasteiger partial charge in [-0.2, -0.15) is 0 Å². The summed E-state index contributed by atoms with van der Waals surface area (Å²) >= 11 is 0. The molecule has 0 radical (unpaired) electrons. The van der Waals surface area contributed by atoms with Gasteiger partial charge >= 0.3 is 0 Å². The van der Waals surface area contributed by atoms with Crippen molar-refractivity contribution in [2.75, 3.05) is 26.7 Å². The summed E-state index contributed by atoms with van der Waals surface area (Å²) in [6.07, 6.45) is 6.40. The first kappa shape index (κ1) is 32.1. The Morgan fingerprint density at radius 2 is 1.71 bits per heavy atom. The average molecular weight is 649 g/mol. The van der Waals surface area contributed by atoms with Crippen molar-refractivity contribution in [3.63, 3.8) is 0 Å². The van der Waals surface area contributed by atoms with Gasteiger partial charge in [0.1, 0.15) is 11.9 Å². The molecule has 1 saturated heterocycles. The lowest BCUT2D eigenvalue weighted by Gasteiger charge is -2.60. The lowest BCUT2D eigenvalue weighted by molar-refractivity contribution is -0.141. The minimum atomic E-state index is -0.420. The van der Waals surface area contributed by atoms with E-state index in [1.165, 1.54) is 0 Å². The van der Waals surface area contributed by atoms with E-state index in [1.54, 1.807) is 30.2 Å². The second kappa shape index (κ2) is 13.2. The van der Waals surface area contributed by atoms with E-state index in [0.717, 1.165) is 43.5 Å². The van der Waals surface area contributed by atoms with Crippen molar-refractivity contribution < 1.29 is 29.0 Å². The first-order chi connectivity index (χ1) is 23.4. The maximum atomic E-state index is 14.3. The van der Waals surface area contributed by atoms with Gasteiger partial charge in [0.2, 0.25) is 5.91 Å². The highest BCUT2D eigenvalue weighted by Gasteiger charge is 2.67. The number of hydrogen-bond acceptors (Lipinski definition) is 7. The smallest absolute Gasteiger partial charge is 0.223 e. The van der Waals surface area contributed by atoms with Crippen molar-refractivity contribution >= 4 is 17.5 Å². The number of benzene rings is 3. The fraction of sp³-hybridized carbons (Fsp3) is 0.425. The maximum absolute atomic E-state index is 14.3. The Balaban J connectivity index is 1.20. The molecule has 2 aliphatic heterocycles. The summed E-state index contributed by atoms with van der Waals surface area (Å²) in [4.78, 5) is 45.0. The van der Waals surface area contributed by atoms with Gasteiger partial charge in [-0.25, -0.2) is 0 Å². The summed E-state index contributed by atoms with van der Waals surface area (Å²) in [5.41, 5.74) is 2.77. The van der Waals surface area contributed by atoms with E-state index in [0.29, 0.717) is 48.3 Å². The van der Waals surface area contributed by atoms with Crippen LogP contribution in [-0.4, -0.2) is 77.3 Å². The molecule has 2 bridgehead atoms. The van der Waals surface area contributed by atoms with Gasteiger partial charge in [0.15, 0.2) is 23.1 Å². The van der Waals surface area contributed by atoms with Crippen molar-refractivity contribution in [3.8, 4) is 17.2 Å². The van der Waals surface area contributed by atoms with Crippen LogP contribution in [0.25, 0.3) is 0 Å². The molecule has 8 nitrogen and oxygen atoms in total. The molecule has 4 aliphatic rings. The van der Waals surface area contributed by atoms with E-state index in [9.17, 15) is 19.5 Å². The highest BCUT2D eigenvalue weighted by atomic mass is 16.5. The fourth-order valence-corrected chi connectivity index (χ4v) is 9.25. The molecule has 48 heavy (non-hydrogen) atoms. The number of likely N-dealkylation sites (tertiary alicyclic amines) is 1. The van der Waals surface area contributed by atoms with Gasteiger partial charge in [0.25, 0.3) is 0 Å². The molecule has 2 heterocycles. The van der Waals surface area contributed by atoms with Crippen LogP contribution in [0.5, 0.6) is 17.2 Å². The Hall–Kier alpha value is -4.43. The van der Waals surface area contributed by atoms with Gasteiger partial charge in [-0.15, -0.1) is 6.58 Å². The van der Waals surface area contributed by atoms with Crippen LogP contribution in [0, 0.1) is 5.92 Å². The minimum Gasteiger partial charge on any atom is -0.508 e. The van der Waals surface area contributed by atoms with E-state index >= 15 is 0 Å². The molecule has 1 saturated carbocycles. The van der Waals surface area contributed by atoms with E-state index < -0.39 is 5.41 Å². The number of unbranched alkanes of at least 4 members (excludes halogenated alkanes) is 1. The summed E-state index contributed by atoms with van der Waals surface area (Å²) < 4.78 is 12.7. The zero-order chi connectivity index (χ0) is 33.4. The third-order valence-electron chi connectivity index (χ3n) is 11.3. The number of carbonyl (C=O) groups is 3. The van der Waals surface area contributed by atoms with Crippen LogP contribution in [0.2, 0.25) is 0 Å². The van der Waals surface area contributed by atoms with Crippen molar-refractivity contribution in [3.05, 3.63) is 102 Å². The number of Topliss-reactive ketones (excluding diaryl/α,β-unsaturated/α-hetero) is 2. The first-order valence-corrected chi connectivity index (χ1v) is 17.3. The van der Waals surface area contributed by atoms with Gasteiger partial charge in [-0.05, 0) is 51.0 Å². The molecular formula is C40H44N2O6. The molecule has 3 aromatic rings. The molecule has 2 aliphatic carbocycles. The Kier molecular flexibility index (Phi) is 8.86. The molecule has 0 aromatic heterocycles.